The second kappa shape index (κ2) is 12.9. The fourth-order valence-corrected chi connectivity index (χ4v) is 6.37. The van der Waals surface area contributed by atoms with E-state index in [1.165, 1.54) is 6.08 Å². The number of aliphatic hydroxyl groups is 1. The number of unbranched alkanes of at least 4 members (excludes halogenated alkanes) is 1. The highest BCUT2D eigenvalue weighted by molar-refractivity contribution is 9.09. The summed E-state index contributed by atoms with van der Waals surface area (Å²) in [5.74, 6) is -1.42. The van der Waals surface area contributed by atoms with Crippen LogP contribution in [0.1, 0.15) is 59.9 Å². The van der Waals surface area contributed by atoms with E-state index in [0.29, 0.717) is 10.6 Å². The summed E-state index contributed by atoms with van der Waals surface area (Å²) < 4.78 is 37.9. The molecule has 40 heavy (non-hydrogen) atoms. The van der Waals surface area contributed by atoms with Crippen LogP contribution < -0.4 is 0 Å². The highest BCUT2D eigenvalue weighted by atomic mass is 79.9. The van der Waals surface area contributed by atoms with E-state index in [-0.39, 0.29) is 32.1 Å². The van der Waals surface area contributed by atoms with Gasteiger partial charge in [-0.2, -0.15) is 12.7 Å². The van der Waals surface area contributed by atoms with Crippen LogP contribution in [0.3, 0.4) is 0 Å². The van der Waals surface area contributed by atoms with Crippen molar-refractivity contribution in [2.75, 3.05) is 18.5 Å². The van der Waals surface area contributed by atoms with Gasteiger partial charge < -0.3 is 14.0 Å². The fraction of sp³-hybridized carbons (Fsp3) is 0.444. The molecule has 13 heteroatoms. The molecule has 0 fully saturated rings. The summed E-state index contributed by atoms with van der Waals surface area (Å²) in [6, 6.07) is 7.69. The van der Waals surface area contributed by atoms with Crippen LogP contribution in [0.4, 0.5) is 0 Å². The van der Waals surface area contributed by atoms with Crippen molar-refractivity contribution in [3.8, 4) is 0 Å². The van der Waals surface area contributed by atoms with Gasteiger partial charge in [0.15, 0.2) is 0 Å². The predicted molar refractivity (Wildman–Crippen MR) is 156 cm³/mol. The van der Waals surface area contributed by atoms with Crippen LogP contribution in [-0.2, 0) is 37.1 Å². The van der Waals surface area contributed by atoms with Crippen LogP contribution in [0.15, 0.2) is 36.3 Å². The number of carbonyl (C=O) groups is 1. The molecule has 3 aromatic rings. The fourth-order valence-electron chi connectivity index (χ4n) is 4.86. The lowest BCUT2D eigenvalue weighted by atomic mass is 9.84. The molecule has 0 spiro atoms. The van der Waals surface area contributed by atoms with Crippen molar-refractivity contribution in [3.63, 3.8) is 0 Å². The lowest BCUT2D eigenvalue weighted by Gasteiger charge is -2.25. The maximum Gasteiger partial charge on any atom is 0.388 e. The standard InChI is InChI=1S/C27H32BrClN4O6S/c1-4-38-25(35)15-22(21-7-8-23-27(18(21)3)30-31-33(23)11-6-5-10-28)19-13-17(2)26(29)20(14-19)16-32-12-9-24(34)39-40(32,36)37/h7-9,13-14,22,34H,4-6,10-12,15-16H2,1-3H3. The molecular weight excluding hydrogens is 624 g/mol. The van der Waals surface area contributed by atoms with Crippen LogP contribution in [0.2, 0.25) is 5.02 Å². The van der Waals surface area contributed by atoms with Gasteiger partial charge >= 0.3 is 16.3 Å². The smallest absolute Gasteiger partial charge is 0.388 e. The first-order chi connectivity index (χ1) is 19.1. The van der Waals surface area contributed by atoms with Crippen LogP contribution in [0.5, 0.6) is 0 Å². The summed E-state index contributed by atoms with van der Waals surface area (Å²) in [7, 11) is -4.19. The minimum Gasteiger partial charge on any atom is -0.480 e. The van der Waals surface area contributed by atoms with Crippen molar-refractivity contribution in [1.29, 1.82) is 0 Å². The molecule has 216 valence electrons. The van der Waals surface area contributed by atoms with Gasteiger partial charge in [0.2, 0.25) is 0 Å². The number of benzene rings is 2. The van der Waals surface area contributed by atoms with Gasteiger partial charge in [0.05, 0.1) is 18.5 Å². The number of fused-ring (bicyclic) bond motifs is 1. The molecule has 1 unspecified atom stereocenters. The molecule has 1 aliphatic heterocycles. The monoisotopic (exact) mass is 654 g/mol. The molecule has 0 aliphatic carbocycles. The Morgan fingerprint density at radius 2 is 2.05 bits per heavy atom. The van der Waals surface area contributed by atoms with E-state index >= 15 is 0 Å². The van der Waals surface area contributed by atoms with E-state index in [4.69, 9.17) is 16.3 Å². The second-order valence-electron chi connectivity index (χ2n) is 9.60. The lowest BCUT2D eigenvalue weighted by Crippen LogP contribution is -2.35. The summed E-state index contributed by atoms with van der Waals surface area (Å²) in [5.41, 5.74) is 5.54. The average Bonchev–Trinajstić information content (AvgIpc) is 3.31. The van der Waals surface area contributed by atoms with E-state index in [0.717, 1.165) is 62.3 Å². The number of carbonyl (C=O) groups excluding carboxylic acids is 1. The maximum atomic E-state index is 12.8. The first-order valence-corrected chi connectivity index (χ1v) is 15.8. The van der Waals surface area contributed by atoms with Crippen molar-refractivity contribution in [1.82, 2.24) is 19.3 Å². The molecule has 1 aliphatic rings. The minimum absolute atomic E-state index is 0.0684. The number of nitrogens with zero attached hydrogens (tertiary/aromatic N) is 4. The Labute approximate surface area is 247 Å². The molecular formula is C27H32BrClN4O6S. The summed E-state index contributed by atoms with van der Waals surface area (Å²) in [6.45, 7) is 6.42. The van der Waals surface area contributed by atoms with E-state index in [9.17, 15) is 18.3 Å². The number of hydrogen-bond acceptors (Lipinski definition) is 8. The zero-order valence-electron chi connectivity index (χ0n) is 22.6. The van der Waals surface area contributed by atoms with Crippen LogP contribution in [-0.4, -0.2) is 57.3 Å². The topological polar surface area (TPSA) is 124 Å². The Kier molecular flexibility index (Phi) is 9.76. The lowest BCUT2D eigenvalue weighted by molar-refractivity contribution is -0.143. The zero-order valence-corrected chi connectivity index (χ0v) is 25.7. The molecule has 0 saturated carbocycles. The molecule has 0 saturated heterocycles. The number of aliphatic hydroxyl groups excluding tert-OH is 1. The number of esters is 1. The number of hydrogen-bond donors (Lipinski definition) is 1. The SMILES string of the molecule is CCOC(=O)CC(c1cc(C)c(Cl)c(CN2CC=C(O)OS2(=O)=O)c1)c1ccc2c(nnn2CCCCBr)c1C. The van der Waals surface area contributed by atoms with Crippen LogP contribution in [0.25, 0.3) is 11.0 Å². The minimum atomic E-state index is -4.19. The molecule has 2 aromatic carbocycles. The Morgan fingerprint density at radius 3 is 2.75 bits per heavy atom. The Bertz CT molecular complexity index is 1540. The molecule has 2 heterocycles. The molecule has 10 nitrogen and oxygen atoms in total. The maximum absolute atomic E-state index is 12.8. The van der Waals surface area contributed by atoms with Crippen molar-refractivity contribution in [2.45, 2.75) is 59.0 Å². The van der Waals surface area contributed by atoms with E-state index in [1.807, 2.05) is 42.8 Å². The van der Waals surface area contributed by atoms with E-state index in [2.05, 4.69) is 30.4 Å². The molecule has 1 N–H and O–H groups in total. The van der Waals surface area contributed by atoms with E-state index < -0.39 is 22.2 Å². The van der Waals surface area contributed by atoms with Crippen LogP contribution >= 0.6 is 27.5 Å². The molecule has 0 amide bonds. The highest BCUT2D eigenvalue weighted by Crippen LogP contribution is 2.37. The average molecular weight is 656 g/mol. The van der Waals surface area contributed by atoms with Gasteiger partial charge in [0, 0.05) is 42.0 Å². The Morgan fingerprint density at radius 1 is 1.27 bits per heavy atom. The third-order valence-corrected chi connectivity index (χ3v) is 9.26. The van der Waals surface area contributed by atoms with Crippen molar-refractivity contribution in [2.24, 2.45) is 0 Å². The van der Waals surface area contributed by atoms with Gasteiger partial charge in [-0.25, -0.2) is 4.68 Å². The number of halogens is 2. The quantitative estimate of drug-likeness (QED) is 0.165. The number of rotatable bonds is 11. The second-order valence-corrected chi connectivity index (χ2v) is 12.3. The van der Waals surface area contributed by atoms with Gasteiger partial charge in [-0.3, -0.25) is 4.79 Å². The largest absolute Gasteiger partial charge is 0.480 e. The summed E-state index contributed by atoms with van der Waals surface area (Å²) in [4.78, 5) is 12.8. The van der Waals surface area contributed by atoms with E-state index in [1.54, 1.807) is 6.92 Å². The third kappa shape index (κ3) is 6.62. The van der Waals surface area contributed by atoms with Crippen LogP contribution in [0, 0.1) is 13.8 Å². The van der Waals surface area contributed by atoms with Gasteiger partial charge in [-0.1, -0.05) is 50.9 Å². The highest BCUT2D eigenvalue weighted by Gasteiger charge is 2.30. The number of aryl methyl sites for hydroxylation is 3. The Hall–Kier alpha value is -2.67. The van der Waals surface area contributed by atoms with Crippen molar-refractivity contribution >= 4 is 54.8 Å². The van der Waals surface area contributed by atoms with Crippen molar-refractivity contribution < 1.29 is 27.2 Å². The summed E-state index contributed by atoms with van der Waals surface area (Å²) in [5, 5.41) is 19.7. The van der Waals surface area contributed by atoms with Crippen molar-refractivity contribution in [3.05, 3.63) is 69.1 Å². The molecule has 1 aromatic heterocycles. The Balaban J connectivity index is 1.76. The summed E-state index contributed by atoms with van der Waals surface area (Å²) >= 11 is 10.1. The number of aromatic nitrogens is 3. The van der Waals surface area contributed by atoms with Gasteiger partial charge in [0.25, 0.3) is 5.95 Å². The predicted octanol–water partition coefficient (Wildman–Crippen LogP) is 5.44. The first kappa shape index (κ1) is 30.3. The molecule has 0 bridgehead atoms. The van der Waals surface area contributed by atoms with Gasteiger partial charge in [-0.05, 0) is 67.5 Å². The molecule has 1 atom stereocenters. The molecule has 0 radical (unpaired) electrons. The van der Waals surface area contributed by atoms with Gasteiger partial charge in [-0.15, -0.1) is 5.10 Å². The molecule has 4 rings (SSSR count). The zero-order chi connectivity index (χ0) is 29.0. The third-order valence-electron chi connectivity index (χ3n) is 6.87. The van der Waals surface area contributed by atoms with Gasteiger partial charge in [0.1, 0.15) is 5.52 Å². The number of alkyl halides is 1. The first-order valence-electron chi connectivity index (χ1n) is 13.0. The number of ether oxygens (including phenoxy) is 1. The summed E-state index contributed by atoms with van der Waals surface area (Å²) in [6.07, 6.45) is 3.33. The normalized spacial score (nSPS) is 16.0.